The second-order valence-electron chi connectivity index (χ2n) is 8.54. The molecule has 0 atom stereocenters. The van der Waals surface area contributed by atoms with E-state index in [-0.39, 0.29) is 5.57 Å². The van der Waals surface area contributed by atoms with Gasteiger partial charge in [0.15, 0.2) is 0 Å². The lowest BCUT2D eigenvalue weighted by molar-refractivity contribution is -0.112. The van der Waals surface area contributed by atoms with Gasteiger partial charge in [0.2, 0.25) is 0 Å². The standard InChI is InChI=1S/C30H27N3O2/c1-21-8-10-22(11-9-21)20-35-29-17-12-23-6-4-5-7-27(23)28(29)18-24(19-31)30(34)32-25-13-15-26(16-14-25)33(2)3/h4-18H,20H2,1-3H3,(H,32,34)/b24-18-. The minimum Gasteiger partial charge on any atom is -0.488 e. The van der Waals surface area contributed by atoms with Gasteiger partial charge in [-0.3, -0.25) is 4.79 Å². The molecule has 4 aromatic carbocycles. The molecule has 0 fully saturated rings. The molecule has 0 unspecified atom stereocenters. The molecule has 0 aliphatic rings. The summed E-state index contributed by atoms with van der Waals surface area (Å²) in [5, 5.41) is 14.5. The van der Waals surface area contributed by atoms with E-state index >= 15 is 0 Å². The summed E-state index contributed by atoms with van der Waals surface area (Å²) in [5.41, 5.74) is 4.56. The molecule has 0 bridgehead atoms. The summed E-state index contributed by atoms with van der Waals surface area (Å²) in [4.78, 5) is 14.9. The second-order valence-corrected chi connectivity index (χ2v) is 8.54. The molecular weight excluding hydrogens is 434 g/mol. The summed E-state index contributed by atoms with van der Waals surface area (Å²) >= 11 is 0. The average Bonchev–Trinajstić information content (AvgIpc) is 2.87. The topological polar surface area (TPSA) is 65.4 Å². The van der Waals surface area contributed by atoms with E-state index in [1.165, 1.54) is 5.56 Å². The molecule has 0 heterocycles. The number of nitrogens with zero attached hydrogens (tertiary/aromatic N) is 2. The predicted octanol–water partition coefficient (Wildman–Crippen LogP) is 6.34. The lowest BCUT2D eigenvalue weighted by atomic mass is 10.0. The first-order valence-corrected chi connectivity index (χ1v) is 11.4. The molecule has 174 valence electrons. The van der Waals surface area contributed by atoms with Crippen LogP contribution in [0.2, 0.25) is 0 Å². The van der Waals surface area contributed by atoms with Crippen LogP contribution in [0.1, 0.15) is 16.7 Å². The van der Waals surface area contributed by atoms with E-state index in [1.54, 1.807) is 6.08 Å². The number of nitrogens with one attached hydrogen (secondary N) is 1. The number of hydrogen-bond donors (Lipinski definition) is 1. The number of hydrogen-bond acceptors (Lipinski definition) is 4. The SMILES string of the molecule is Cc1ccc(COc2ccc3ccccc3c2/C=C(/C#N)C(=O)Nc2ccc(N(C)C)cc2)cc1. The first-order chi connectivity index (χ1) is 16.9. The molecule has 4 aromatic rings. The van der Waals surface area contributed by atoms with Gasteiger partial charge in [-0.2, -0.15) is 5.26 Å². The number of carbonyl (C=O) groups excluding carboxylic acids is 1. The van der Waals surface area contributed by atoms with E-state index in [4.69, 9.17) is 4.74 Å². The van der Waals surface area contributed by atoms with E-state index in [2.05, 4.69) is 11.4 Å². The fourth-order valence-corrected chi connectivity index (χ4v) is 3.73. The summed E-state index contributed by atoms with van der Waals surface area (Å²) < 4.78 is 6.16. The molecule has 0 aliphatic heterocycles. The van der Waals surface area contributed by atoms with E-state index in [0.717, 1.165) is 22.0 Å². The van der Waals surface area contributed by atoms with Gasteiger partial charge in [0.05, 0.1) is 0 Å². The van der Waals surface area contributed by atoms with Gasteiger partial charge in [0.25, 0.3) is 5.91 Å². The number of rotatable bonds is 7. The van der Waals surface area contributed by atoms with Gasteiger partial charge in [-0.15, -0.1) is 0 Å². The number of ether oxygens (including phenoxy) is 1. The number of aryl methyl sites for hydroxylation is 1. The maximum atomic E-state index is 13.0. The fraction of sp³-hybridized carbons (Fsp3) is 0.133. The Morgan fingerprint density at radius 1 is 0.971 bits per heavy atom. The number of fused-ring (bicyclic) bond motifs is 1. The van der Waals surface area contributed by atoms with Gasteiger partial charge in [-0.1, -0.05) is 60.2 Å². The quantitative estimate of drug-likeness (QED) is 0.258. The van der Waals surface area contributed by atoms with E-state index in [1.807, 2.05) is 111 Å². The summed E-state index contributed by atoms with van der Waals surface area (Å²) in [6, 6.07) is 29.4. The Balaban J connectivity index is 1.65. The Bertz CT molecular complexity index is 1410. The van der Waals surface area contributed by atoms with Crippen LogP contribution in [0.4, 0.5) is 11.4 Å². The Hall–Kier alpha value is -4.56. The van der Waals surface area contributed by atoms with Gasteiger partial charge in [-0.25, -0.2) is 0 Å². The molecule has 0 spiro atoms. The Labute approximate surface area is 205 Å². The average molecular weight is 462 g/mol. The van der Waals surface area contributed by atoms with Crippen LogP contribution < -0.4 is 15.0 Å². The minimum absolute atomic E-state index is 0.00164. The monoisotopic (exact) mass is 461 g/mol. The first kappa shape index (κ1) is 23.6. The van der Waals surface area contributed by atoms with Crippen LogP contribution in [0.3, 0.4) is 0 Å². The molecule has 5 heteroatoms. The van der Waals surface area contributed by atoms with Gasteiger partial charge >= 0.3 is 0 Å². The highest BCUT2D eigenvalue weighted by molar-refractivity contribution is 6.11. The van der Waals surface area contributed by atoms with E-state index in [0.29, 0.717) is 23.6 Å². The lowest BCUT2D eigenvalue weighted by Gasteiger charge is -2.14. The van der Waals surface area contributed by atoms with Crippen molar-refractivity contribution >= 4 is 34.1 Å². The third-order valence-corrected chi connectivity index (χ3v) is 5.74. The zero-order chi connectivity index (χ0) is 24.8. The van der Waals surface area contributed by atoms with Crippen molar-refractivity contribution in [3.63, 3.8) is 0 Å². The Kier molecular flexibility index (Phi) is 7.13. The molecule has 0 aromatic heterocycles. The molecule has 1 N–H and O–H groups in total. The van der Waals surface area contributed by atoms with Crippen molar-refractivity contribution in [2.24, 2.45) is 0 Å². The molecule has 0 saturated carbocycles. The summed E-state index contributed by atoms with van der Waals surface area (Å²) in [6.07, 6.45) is 1.61. The van der Waals surface area contributed by atoms with Crippen molar-refractivity contribution in [1.82, 2.24) is 0 Å². The third kappa shape index (κ3) is 5.69. The van der Waals surface area contributed by atoms with E-state index < -0.39 is 5.91 Å². The smallest absolute Gasteiger partial charge is 0.266 e. The normalized spacial score (nSPS) is 11.1. The van der Waals surface area contributed by atoms with Crippen molar-refractivity contribution < 1.29 is 9.53 Å². The molecule has 4 rings (SSSR count). The van der Waals surface area contributed by atoms with Crippen molar-refractivity contribution in [2.45, 2.75) is 13.5 Å². The summed E-state index contributed by atoms with van der Waals surface area (Å²) in [7, 11) is 3.90. The van der Waals surface area contributed by atoms with Crippen LogP contribution in [0, 0.1) is 18.3 Å². The van der Waals surface area contributed by atoms with Crippen LogP contribution in [-0.2, 0) is 11.4 Å². The third-order valence-electron chi connectivity index (χ3n) is 5.74. The van der Waals surface area contributed by atoms with Gasteiger partial charge in [0, 0.05) is 31.0 Å². The van der Waals surface area contributed by atoms with E-state index in [9.17, 15) is 10.1 Å². The first-order valence-electron chi connectivity index (χ1n) is 11.4. The van der Waals surface area contributed by atoms with Crippen molar-refractivity contribution in [2.75, 3.05) is 24.3 Å². The Morgan fingerprint density at radius 2 is 1.69 bits per heavy atom. The highest BCUT2D eigenvalue weighted by Gasteiger charge is 2.14. The number of amides is 1. The van der Waals surface area contributed by atoms with Crippen LogP contribution in [0.5, 0.6) is 5.75 Å². The number of nitriles is 1. The molecule has 0 radical (unpaired) electrons. The lowest BCUT2D eigenvalue weighted by Crippen LogP contribution is -2.14. The largest absolute Gasteiger partial charge is 0.488 e. The van der Waals surface area contributed by atoms with Crippen LogP contribution in [-0.4, -0.2) is 20.0 Å². The molecule has 0 saturated heterocycles. The van der Waals surface area contributed by atoms with Gasteiger partial charge < -0.3 is 15.0 Å². The van der Waals surface area contributed by atoms with Crippen molar-refractivity contribution in [3.05, 3.63) is 107 Å². The highest BCUT2D eigenvalue weighted by atomic mass is 16.5. The molecular formula is C30H27N3O2. The second kappa shape index (κ2) is 10.6. The zero-order valence-corrected chi connectivity index (χ0v) is 20.1. The molecule has 1 amide bonds. The Morgan fingerprint density at radius 3 is 2.37 bits per heavy atom. The predicted molar refractivity (Wildman–Crippen MR) is 142 cm³/mol. The van der Waals surface area contributed by atoms with Crippen LogP contribution in [0.25, 0.3) is 16.8 Å². The van der Waals surface area contributed by atoms with Gasteiger partial charge in [0.1, 0.15) is 24.0 Å². The summed E-state index contributed by atoms with van der Waals surface area (Å²) in [5.74, 6) is 0.141. The van der Waals surface area contributed by atoms with Crippen LogP contribution >= 0.6 is 0 Å². The number of anilines is 2. The number of benzene rings is 4. The molecule has 35 heavy (non-hydrogen) atoms. The maximum absolute atomic E-state index is 13.0. The van der Waals surface area contributed by atoms with Crippen molar-refractivity contribution in [3.8, 4) is 11.8 Å². The fourth-order valence-electron chi connectivity index (χ4n) is 3.73. The number of carbonyl (C=O) groups is 1. The molecule has 5 nitrogen and oxygen atoms in total. The van der Waals surface area contributed by atoms with Gasteiger partial charge in [-0.05, 0) is 59.7 Å². The zero-order valence-electron chi connectivity index (χ0n) is 20.1. The highest BCUT2D eigenvalue weighted by Crippen LogP contribution is 2.31. The minimum atomic E-state index is -0.470. The van der Waals surface area contributed by atoms with Crippen molar-refractivity contribution in [1.29, 1.82) is 5.26 Å². The molecule has 0 aliphatic carbocycles. The summed E-state index contributed by atoms with van der Waals surface area (Å²) in [6.45, 7) is 2.42. The maximum Gasteiger partial charge on any atom is 0.266 e. The van der Waals surface area contributed by atoms with Crippen LogP contribution in [0.15, 0.2) is 90.5 Å².